The van der Waals surface area contributed by atoms with Gasteiger partial charge in [-0.3, -0.25) is 4.31 Å². The number of alkyl halides is 2. The van der Waals surface area contributed by atoms with Gasteiger partial charge in [0, 0.05) is 24.5 Å². The Morgan fingerprint density at radius 3 is 2.42 bits per heavy atom. The Morgan fingerprint density at radius 2 is 1.79 bits per heavy atom. The average Bonchev–Trinajstić information content (AvgIpc) is 2.85. The molecule has 0 aromatic heterocycles. The number of benzene rings is 2. The fourth-order valence-electron chi connectivity index (χ4n) is 3.67. The van der Waals surface area contributed by atoms with Crippen LogP contribution in [0.5, 0.6) is 0 Å². The van der Waals surface area contributed by atoms with Crippen LogP contribution >= 0.6 is 0 Å². The zero-order valence-electron chi connectivity index (χ0n) is 18.6. The molecule has 2 aromatic rings. The predicted octanol–water partition coefficient (Wildman–Crippen LogP) is 4.49. The Balaban J connectivity index is 1.70. The molecule has 0 saturated carbocycles. The summed E-state index contributed by atoms with van der Waals surface area (Å²) < 4.78 is 45.3. The lowest BCUT2D eigenvalue weighted by atomic mass is 10.1. The number of nitrogens with zero attached hydrogens (tertiary/aromatic N) is 4. The third-order valence-corrected chi connectivity index (χ3v) is 6.72. The van der Waals surface area contributed by atoms with Crippen molar-refractivity contribution in [2.75, 3.05) is 36.3 Å². The van der Waals surface area contributed by atoms with Crippen LogP contribution in [-0.4, -0.2) is 60.1 Å². The van der Waals surface area contributed by atoms with Crippen molar-refractivity contribution in [3.8, 4) is 0 Å². The van der Waals surface area contributed by atoms with Gasteiger partial charge in [-0.25, -0.2) is 13.0 Å². The molecule has 3 rings (SSSR count). The van der Waals surface area contributed by atoms with Gasteiger partial charge in [-0.05, 0) is 55.8 Å². The SMILES string of the molecule is C=N/N=C(\OCC(F)F)c1ccc(CN(c2ccccc2)S(=O)CCN2CCCCC2)cc1. The summed E-state index contributed by atoms with van der Waals surface area (Å²) in [5, 5.41) is 7.11. The number of piperidine rings is 1. The molecule has 1 atom stereocenters. The van der Waals surface area contributed by atoms with Gasteiger partial charge in [0.2, 0.25) is 5.90 Å². The quantitative estimate of drug-likeness (QED) is 0.273. The van der Waals surface area contributed by atoms with E-state index in [2.05, 4.69) is 21.8 Å². The minimum atomic E-state index is -2.61. The van der Waals surface area contributed by atoms with E-state index >= 15 is 0 Å². The minimum absolute atomic E-state index is 0.0122. The second-order valence-electron chi connectivity index (χ2n) is 7.75. The number of likely N-dealkylation sites (tertiary alicyclic amines) is 1. The maximum atomic E-state index is 13.3. The molecular weight excluding hydrogens is 446 g/mol. The van der Waals surface area contributed by atoms with Crippen LogP contribution in [0.1, 0.15) is 30.4 Å². The third kappa shape index (κ3) is 8.01. The number of ether oxygens (including phenoxy) is 1. The number of anilines is 1. The molecule has 0 radical (unpaired) electrons. The second-order valence-corrected chi connectivity index (χ2v) is 9.24. The summed E-state index contributed by atoms with van der Waals surface area (Å²) in [4.78, 5) is 2.38. The van der Waals surface area contributed by atoms with E-state index in [1.165, 1.54) is 19.3 Å². The predicted molar refractivity (Wildman–Crippen MR) is 130 cm³/mol. The number of hydrogen-bond donors (Lipinski definition) is 0. The molecule has 0 aliphatic carbocycles. The lowest BCUT2D eigenvalue weighted by Crippen LogP contribution is -2.36. The number of hydrogen-bond acceptors (Lipinski definition) is 5. The highest BCUT2D eigenvalue weighted by Crippen LogP contribution is 2.20. The van der Waals surface area contributed by atoms with Gasteiger partial charge in [0.25, 0.3) is 6.43 Å². The van der Waals surface area contributed by atoms with Gasteiger partial charge in [0.1, 0.15) is 11.0 Å². The molecule has 33 heavy (non-hydrogen) atoms. The Kier molecular flexibility index (Phi) is 9.96. The van der Waals surface area contributed by atoms with Gasteiger partial charge in [-0.1, -0.05) is 36.8 Å². The highest BCUT2D eigenvalue weighted by atomic mass is 32.2. The molecule has 9 heteroatoms. The first-order valence-electron chi connectivity index (χ1n) is 11.0. The molecule has 1 aliphatic heterocycles. The number of halogens is 2. The summed E-state index contributed by atoms with van der Waals surface area (Å²) in [5.74, 6) is 0.554. The highest BCUT2D eigenvalue weighted by Gasteiger charge is 2.18. The van der Waals surface area contributed by atoms with E-state index in [0.29, 0.717) is 17.9 Å². The summed E-state index contributed by atoms with van der Waals surface area (Å²) >= 11 is 0. The standard InChI is InChI=1S/C24H30F2N4O2S/c1-27-28-24(32-19-23(25)26)21-12-10-20(11-13-21)18-30(22-8-4-2-5-9-22)33(31)17-16-29-14-6-3-7-15-29/h2,4-5,8-13,23H,1,3,6-7,14-19H2/b28-24-. The molecule has 1 heterocycles. The monoisotopic (exact) mass is 476 g/mol. The van der Waals surface area contributed by atoms with Crippen molar-refractivity contribution >= 4 is 29.3 Å². The van der Waals surface area contributed by atoms with Crippen LogP contribution < -0.4 is 4.31 Å². The first-order chi connectivity index (χ1) is 16.1. The van der Waals surface area contributed by atoms with Gasteiger partial charge in [-0.2, -0.15) is 5.10 Å². The Morgan fingerprint density at radius 1 is 1.09 bits per heavy atom. The summed E-state index contributed by atoms with van der Waals surface area (Å²) in [6.45, 7) is 5.89. The van der Waals surface area contributed by atoms with Crippen LogP contribution in [0.2, 0.25) is 0 Å². The van der Waals surface area contributed by atoms with Crippen molar-refractivity contribution < 1.29 is 17.7 Å². The molecule has 0 amide bonds. The Labute approximate surface area is 196 Å². The lowest BCUT2D eigenvalue weighted by Gasteiger charge is -2.28. The van der Waals surface area contributed by atoms with Gasteiger partial charge in [0.15, 0.2) is 6.61 Å². The molecule has 6 nitrogen and oxygen atoms in total. The smallest absolute Gasteiger partial charge is 0.272 e. The second kappa shape index (κ2) is 13.2. The molecule has 0 spiro atoms. The highest BCUT2D eigenvalue weighted by molar-refractivity contribution is 7.86. The average molecular weight is 477 g/mol. The van der Waals surface area contributed by atoms with Gasteiger partial charge in [0.05, 0.1) is 12.3 Å². The zero-order chi connectivity index (χ0) is 23.5. The zero-order valence-corrected chi connectivity index (χ0v) is 19.4. The van der Waals surface area contributed by atoms with E-state index < -0.39 is 24.0 Å². The first-order valence-corrected chi connectivity index (χ1v) is 12.3. The maximum Gasteiger partial charge on any atom is 0.272 e. The molecule has 2 aromatic carbocycles. The van der Waals surface area contributed by atoms with Crippen LogP contribution in [-0.2, 0) is 22.3 Å². The number of rotatable bonds is 11. The third-order valence-electron chi connectivity index (χ3n) is 5.36. The lowest BCUT2D eigenvalue weighted by molar-refractivity contribution is 0.0765. The molecule has 1 unspecified atom stereocenters. The summed E-state index contributed by atoms with van der Waals surface area (Å²) in [7, 11) is -1.20. The Hall–Kier alpha value is -2.65. The summed E-state index contributed by atoms with van der Waals surface area (Å²) in [6, 6.07) is 16.8. The van der Waals surface area contributed by atoms with Crippen molar-refractivity contribution in [3.63, 3.8) is 0 Å². The molecule has 0 N–H and O–H groups in total. The van der Waals surface area contributed by atoms with Crippen molar-refractivity contribution in [1.82, 2.24) is 4.90 Å². The van der Waals surface area contributed by atoms with E-state index in [9.17, 15) is 13.0 Å². The van der Waals surface area contributed by atoms with Crippen LogP contribution in [0.15, 0.2) is 64.8 Å². The van der Waals surface area contributed by atoms with Gasteiger partial charge >= 0.3 is 0 Å². The van der Waals surface area contributed by atoms with Gasteiger partial charge in [-0.15, -0.1) is 5.10 Å². The normalized spacial score (nSPS) is 15.9. The molecule has 178 valence electrons. The van der Waals surface area contributed by atoms with Crippen LogP contribution in [0.4, 0.5) is 14.5 Å². The summed E-state index contributed by atoms with van der Waals surface area (Å²) in [6.07, 6.45) is 1.07. The topological polar surface area (TPSA) is 57.5 Å². The van der Waals surface area contributed by atoms with Crippen molar-refractivity contribution in [3.05, 3.63) is 65.7 Å². The first kappa shape index (κ1) is 25.0. The van der Waals surface area contributed by atoms with Crippen LogP contribution in [0.3, 0.4) is 0 Å². The van der Waals surface area contributed by atoms with Crippen molar-refractivity contribution in [1.29, 1.82) is 0 Å². The largest absolute Gasteiger partial charge is 0.470 e. The van der Waals surface area contributed by atoms with Crippen LogP contribution in [0.25, 0.3) is 0 Å². The molecular formula is C24H30F2N4O2S. The molecule has 1 fully saturated rings. The van der Waals surface area contributed by atoms with Crippen molar-refractivity contribution in [2.45, 2.75) is 32.2 Å². The molecule has 1 saturated heterocycles. The Bertz CT molecular complexity index is 920. The van der Waals surface area contributed by atoms with E-state index in [1.54, 1.807) is 12.1 Å². The minimum Gasteiger partial charge on any atom is -0.470 e. The van der Waals surface area contributed by atoms with E-state index in [1.807, 2.05) is 46.8 Å². The van der Waals surface area contributed by atoms with E-state index in [4.69, 9.17) is 4.74 Å². The number of para-hydroxylation sites is 1. The van der Waals surface area contributed by atoms with E-state index in [0.717, 1.165) is 30.9 Å². The maximum absolute atomic E-state index is 13.3. The summed E-state index contributed by atoms with van der Waals surface area (Å²) in [5.41, 5.74) is 2.33. The van der Waals surface area contributed by atoms with Crippen LogP contribution in [0, 0.1) is 0 Å². The fourth-order valence-corrected chi connectivity index (χ4v) is 4.95. The van der Waals surface area contributed by atoms with Crippen molar-refractivity contribution in [2.24, 2.45) is 10.2 Å². The molecule has 0 bridgehead atoms. The van der Waals surface area contributed by atoms with E-state index in [-0.39, 0.29) is 5.90 Å². The fraction of sp³-hybridized carbons (Fsp3) is 0.417. The molecule has 1 aliphatic rings. The van der Waals surface area contributed by atoms with Gasteiger partial charge < -0.3 is 9.64 Å².